The predicted octanol–water partition coefficient (Wildman–Crippen LogP) is 3.87. The number of urea groups is 1. The van der Waals surface area contributed by atoms with Gasteiger partial charge in [0, 0.05) is 25.6 Å². The molecule has 0 unspecified atom stereocenters. The predicted molar refractivity (Wildman–Crippen MR) is 117 cm³/mol. The fourth-order valence-corrected chi connectivity index (χ4v) is 4.17. The van der Waals surface area contributed by atoms with Crippen molar-refractivity contribution >= 4 is 17.6 Å². The number of rotatable bonds is 3. The van der Waals surface area contributed by atoms with Gasteiger partial charge in [-0.1, -0.05) is 18.2 Å². The highest BCUT2D eigenvalue weighted by molar-refractivity contribution is 5.94. The molecule has 31 heavy (non-hydrogen) atoms. The summed E-state index contributed by atoms with van der Waals surface area (Å²) in [4.78, 5) is 29.4. The summed E-state index contributed by atoms with van der Waals surface area (Å²) in [7, 11) is 0. The summed E-state index contributed by atoms with van der Waals surface area (Å²) in [6.07, 6.45) is 1.18. The van der Waals surface area contributed by atoms with Gasteiger partial charge in [0.15, 0.2) is 0 Å². The van der Waals surface area contributed by atoms with Crippen LogP contribution >= 0.6 is 0 Å². The lowest BCUT2D eigenvalue weighted by molar-refractivity contribution is -0.126. The maximum absolute atomic E-state index is 13.3. The van der Waals surface area contributed by atoms with E-state index >= 15 is 0 Å². The molecule has 2 aromatic rings. The van der Waals surface area contributed by atoms with Gasteiger partial charge in [-0.25, -0.2) is 9.18 Å². The minimum atomic E-state index is -0.292. The van der Waals surface area contributed by atoms with Crippen LogP contribution in [0.5, 0.6) is 5.75 Å². The van der Waals surface area contributed by atoms with Crippen molar-refractivity contribution in [2.75, 3.05) is 24.5 Å². The third kappa shape index (κ3) is 4.81. The van der Waals surface area contributed by atoms with Gasteiger partial charge in [0.05, 0.1) is 12.2 Å². The minimum Gasteiger partial charge on any atom is -0.487 e. The minimum absolute atomic E-state index is 0.0163. The second-order valence-electron chi connectivity index (χ2n) is 8.40. The van der Waals surface area contributed by atoms with Gasteiger partial charge in [-0.05, 0) is 62.1 Å². The van der Waals surface area contributed by atoms with E-state index in [4.69, 9.17) is 4.74 Å². The number of anilines is 1. The highest BCUT2D eigenvalue weighted by Crippen LogP contribution is 2.35. The van der Waals surface area contributed by atoms with E-state index in [2.05, 4.69) is 5.32 Å². The van der Waals surface area contributed by atoms with Gasteiger partial charge in [0.1, 0.15) is 17.7 Å². The largest absolute Gasteiger partial charge is 0.487 e. The molecule has 0 aliphatic carbocycles. The van der Waals surface area contributed by atoms with Crippen molar-refractivity contribution in [2.45, 2.75) is 39.3 Å². The molecule has 0 saturated carbocycles. The molecular formula is C24H28FN3O3. The number of halogens is 1. The molecule has 2 aliphatic rings. The van der Waals surface area contributed by atoms with E-state index in [9.17, 15) is 14.0 Å². The molecule has 164 valence electrons. The van der Waals surface area contributed by atoms with Crippen molar-refractivity contribution in [1.29, 1.82) is 0 Å². The van der Waals surface area contributed by atoms with Gasteiger partial charge in [-0.15, -0.1) is 0 Å². The second kappa shape index (κ2) is 8.96. The number of benzene rings is 2. The van der Waals surface area contributed by atoms with Gasteiger partial charge in [0.25, 0.3) is 0 Å². The van der Waals surface area contributed by atoms with Crippen molar-refractivity contribution in [1.82, 2.24) is 10.2 Å². The number of likely N-dealkylation sites (tertiary alicyclic amines) is 1. The number of aryl methyl sites for hydroxylation is 1. The van der Waals surface area contributed by atoms with Crippen molar-refractivity contribution < 1.29 is 18.7 Å². The highest BCUT2D eigenvalue weighted by atomic mass is 19.1. The first-order chi connectivity index (χ1) is 14.9. The number of carbonyl (C=O) groups excluding carboxylic acids is 2. The molecule has 3 amide bonds. The van der Waals surface area contributed by atoms with E-state index in [1.165, 1.54) is 12.1 Å². The zero-order valence-corrected chi connectivity index (χ0v) is 17.9. The molecule has 0 bridgehead atoms. The van der Waals surface area contributed by atoms with E-state index in [0.29, 0.717) is 39.0 Å². The first-order valence-electron chi connectivity index (χ1n) is 10.8. The third-order valence-electron chi connectivity index (χ3n) is 5.92. The maximum atomic E-state index is 13.3. The van der Waals surface area contributed by atoms with E-state index in [1.54, 1.807) is 17.0 Å². The number of hydrogen-bond donors (Lipinski definition) is 1. The van der Waals surface area contributed by atoms with E-state index in [1.807, 2.05) is 36.9 Å². The van der Waals surface area contributed by atoms with Crippen LogP contribution in [0.4, 0.5) is 14.9 Å². The molecule has 1 saturated heterocycles. The summed E-state index contributed by atoms with van der Waals surface area (Å²) >= 11 is 0. The number of nitrogens with one attached hydrogen (secondary N) is 1. The Morgan fingerprint density at radius 3 is 2.55 bits per heavy atom. The number of amides is 3. The number of piperidine rings is 1. The molecule has 1 atom stereocenters. The summed E-state index contributed by atoms with van der Waals surface area (Å²) in [6, 6.07) is 11.9. The molecule has 4 rings (SSSR count). The molecule has 2 aliphatic heterocycles. The summed E-state index contributed by atoms with van der Waals surface area (Å²) in [5.41, 5.74) is 2.74. The standard InChI is InChI=1S/C24H28FN3O3/c1-16-3-8-22-21(13-16)28(15-17(2)31-22)24(30)27-11-9-19(10-12-27)23(29)26-14-18-4-6-20(25)7-5-18/h3-8,13,17,19H,9-12,14-15H2,1-2H3,(H,26,29)/t17-/m1/s1. The lowest BCUT2D eigenvalue weighted by Gasteiger charge is -2.39. The molecule has 1 N–H and O–H groups in total. The average Bonchev–Trinajstić information content (AvgIpc) is 2.78. The molecule has 2 heterocycles. The van der Waals surface area contributed by atoms with Crippen molar-refractivity contribution in [3.05, 3.63) is 59.4 Å². The maximum Gasteiger partial charge on any atom is 0.324 e. The number of fused-ring (bicyclic) bond motifs is 1. The normalized spacial score (nSPS) is 18.9. The first kappa shape index (κ1) is 21.2. The summed E-state index contributed by atoms with van der Waals surface area (Å²) in [5, 5.41) is 2.93. The zero-order valence-electron chi connectivity index (χ0n) is 17.9. The monoisotopic (exact) mass is 425 g/mol. The SMILES string of the molecule is Cc1ccc2c(c1)N(C(=O)N1CCC(C(=O)NCc3ccc(F)cc3)CC1)C[C@@H](C)O2. The Labute approximate surface area is 182 Å². The van der Waals surface area contributed by atoms with Crippen LogP contribution in [0.15, 0.2) is 42.5 Å². The Hall–Kier alpha value is -3.09. The number of hydrogen-bond acceptors (Lipinski definition) is 3. The molecule has 0 radical (unpaired) electrons. The Morgan fingerprint density at radius 2 is 1.84 bits per heavy atom. The average molecular weight is 426 g/mol. The van der Waals surface area contributed by atoms with Crippen molar-refractivity contribution in [3.8, 4) is 5.75 Å². The molecule has 0 spiro atoms. The van der Waals surface area contributed by atoms with Crippen LogP contribution < -0.4 is 15.0 Å². The molecule has 2 aromatic carbocycles. The molecular weight excluding hydrogens is 397 g/mol. The number of ether oxygens (including phenoxy) is 1. The Morgan fingerprint density at radius 1 is 1.13 bits per heavy atom. The lowest BCUT2D eigenvalue weighted by Crippen LogP contribution is -2.52. The Balaban J connectivity index is 1.33. The van der Waals surface area contributed by atoms with Crippen molar-refractivity contribution in [2.24, 2.45) is 5.92 Å². The molecule has 0 aromatic heterocycles. The summed E-state index contributed by atoms with van der Waals surface area (Å²) in [6.45, 7) is 5.92. The second-order valence-corrected chi connectivity index (χ2v) is 8.40. The Kier molecular flexibility index (Phi) is 6.11. The lowest BCUT2D eigenvalue weighted by atomic mass is 9.96. The number of carbonyl (C=O) groups is 2. The van der Waals surface area contributed by atoms with E-state index < -0.39 is 0 Å². The molecule has 7 heteroatoms. The summed E-state index contributed by atoms with van der Waals surface area (Å²) in [5.74, 6) is 0.298. The van der Waals surface area contributed by atoms with Crippen LogP contribution in [0.25, 0.3) is 0 Å². The highest BCUT2D eigenvalue weighted by Gasteiger charge is 2.33. The first-order valence-corrected chi connectivity index (χ1v) is 10.8. The van der Waals surface area contributed by atoms with Gasteiger partial charge < -0.3 is 15.0 Å². The van der Waals surface area contributed by atoms with Gasteiger partial charge in [-0.3, -0.25) is 9.69 Å². The van der Waals surface area contributed by atoms with Gasteiger partial charge in [0.2, 0.25) is 5.91 Å². The van der Waals surface area contributed by atoms with E-state index in [-0.39, 0.29) is 29.8 Å². The third-order valence-corrected chi connectivity index (χ3v) is 5.92. The van der Waals surface area contributed by atoms with Crippen LogP contribution in [-0.2, 0) is 11.3 Å². The molecule has 6 nitrogen and oxygen atoms in total. The number of nitrogens with zero attached hydrogens (tertiary/aromatic N) is 2. The quantitative estimate of drug-likeness (QED) is 0.812. The van der Waals surface area contributed by atoms with Crippen LogP contribution in [-0.4, -0.2) is 42.6 Å². The fraction of sp³-hybridized carbons (Fsp3) is 0.417. The van der Waals surface area contributed by atoms with Crippen LogP contribution in [0.1, 0.15) is 30.9 Å². The molecule has 1 fully saturated rings. The van der Waals surface area contributed by atoms with Gasteiger partial charge in [-0.2, -0.15) is 0 Å². The van der Waals surface area contributed by atoms with Crippen LogP contribution in [0.2, 0.25) is 0 Å². The summed E-state index contributed by atoms with van der Waals surface area (Å²) < 4.78 is 18.9. The van der Waals surface area contributed by atoms with Gasteiger partial charge >= 0.3 is 6.03 Å². The van der Waals surface area contributed by atoms with Crippen molar-refractivity contribution in [3.63, 3.8) is 0 Å². The Bertz CT molecular complexity index is 955. The fourth-order valence-electron chi connectivity index (χ4n) is 4.17. The van der Waals surface area contributed by atoms with Crippen LogP contribution in [0.3, 0.4) is 0 Å². The topological polar surface area (TPSA) is 61.9 Å². The smallest absolute Gasteiger partial charge is 0.324 e. The zero-order chi connectivity index (χ0) is 22.0. The van der Waals surface area contributed by atoms with E-state index in [0.717, 1.165) is 22.6 Å². The van der Waals surface area contributed by atoms with Crippen LogP contribution in [0, 0.1) is 18.7 Å².